The first-order valence-corrected chi connectivity index (χ1v) is 22.4. The van der Waals surface area contributed by atoms with E-state index in [9.17, 15) is 29.3 Å². The number of amides is 4. The number of urea groups is 1. The number of morpholine rings is 1. The van der Waals surface area contributed by atoms with Crippen LogP contribution in [0.5, 0.6) is 0 Å². The van der Waals surface area contributed by atoms with Crippen LogP contribution in [0.15, 0.2) is 120 Å². The summed E-state index contributed by atoms with van der Waals surface area (Å²) >= 11 is 0. The number of carbonyl (C=O) groups excluding carboxylic acids is 4. The maximum Gasteiger partial charge on any atom is 0.338 e. The second-order valence-corrected chi connectivity index (χ2v) is 16.2. The SMILES string of the molecule is CCCCNC(=O)C(c1ccc(-c2ccccc2)cc1)N(CCN1CCOCC1)C(=O)CCCCCN1C(=O)NC(c2ccc([N+](=O)[O-])cc2)C(C(=O)OCc2ccc(N=[N+]=[N-])cc2)=C1C. The molecule has 0 aromatic heterocycles. The van der Waals surface area contributed by atoms with Crippen molar-refractivity contribution in [2.45, 2.75) is 71.1 Å². The topological polar surface area (TPSA) is 212 Å². The van der Waals surface area contributed by atoms with E-state index in [0.29, 0.717) is 74.6 Å². The van der Waals surface area contributed by atoms with E-state index in [1.54, 1.807) is 36.1 Å². The quantitative estimate of drug-likeness (QED) is 0.0147. The lowest BCUT2D eigenvalue weighted by Gasteiger charge is -2.35. The first-order valence-electron chi connectivity index (χ1n) is 22.4. The summed E-state index contributed by atoms with van der Waals surface area (Å²) in [6, 6.07) is 27.7. The van der Waals surface area contributed by atoms with Gasteiger partial charge >= 0.3 is 12.0 Å². The number of ether oxygens (including phenoxy) is 2. The van der Waals surface area contributed by atoms with Gasteiger partial charge in [0.15, 0.2) is 0 Å². The molecule has 4 aromatic carbocycles. The third-order valence-corrected chi connectivity index (χ3v) is 11.8. The van der Waals surface area contributed by atoms with Gasteiger partial charge in [0, 0.05) is 74.1 Å². The van der Waals surface area contributed by atoms with E-state index in [1.807, 2.05) is 54.6 Å². The Morgan fingerprint density at radius 1 is 0.939 bits per heavy atom. The van der Waals surface area contributed by atoms with Crippen LogP contribution in [-0.4, -0.2) is 95.9 Å². The molecule has 2 aliphatic rings. The first-order chi connectivity index (χ1) is 32.1. The number of allylic oxidation sites excluding steroid dienone is 1. The molecule has 4 amide bonds. The number of esters is 1. The van der Waals surface area contributed by atoms with Gasteiger partial charge in [-0.15, -0.1) is 0 Å². The Balaban J connectivity index is 1.16. The van der Waals surface area contributed by atoms with Crippen molar-refractivity contribution in [1.29, 1.82) is 0 Å². The highest BCUT2D eigenvalue weighted by atomic mass is 16.6. The summed E-state index contributed by atoms with van der Waals surface area (Å²) in [5, 5.41) is 20.9. The molecule has 0 saturated carbocycles. The number of benzene rings is 4. The minimum Gasteiger partial charge on any atom is -0.457 e. The lowest BCUT2D eigenvalue weighted by molar-refractivity contribution is -0.384. The molecule has 1 fully saturated rings. The Morgan fingerprint density at radius 2 is 1.64 bits per heavy atom. The number of nitro groups is 1. The second kappa shape index (κ2) is 24.3. The molecule has 66 heavy (non-hydrogen) atoms. The van der Waals surface area contributed by atoms with Crippen LogP contribution < -0.4 is 10.6 Å². The number of hydrogen-bond donors (Lipinski definition) is 2. The number of unbranched alkanes of at least 4 members (excludes halogenated alkanes) is 3. The van der Waals surface area contributed by atoms with Crippen LogP contribution in [0.1, 0.15) is 81.1 Å². The third-order valence-electron chi connectivity index (χ3n) is 11.8. The van der Waals surface area contributed by atoms with Gasteiger partial charge in [-0.25, -0.2) is 9.59 Å². The molecule has 1 saturated heterocycles. The molecule has 0 bridgehead atoms. The smallest absolute Gasteiger partial charge is 0.338 e. The van der Waals surface area contributed by atoms with Crippen LogP contribution >= 0.6 is 0 Å². The van der Waals surface area contributed by atoms with Crippen LogP contribution in [0.2, 0.25) is 0 Å². The van der Waals surface area contributed by atoms with Crippen molar-refractivity contribution in [3.8, 4) is 11.1 Å². The predicted molar refractivity (Wildman–Crippen MR) is 249 cm³/mol. The van der Waals surface area contributed by atoms with Crippen LogP contribution in [0.4, 0.5) is 16.2 Å². The van der Waals surface area contributed by atoms with Crippen molar-refractivity contribution in [2.75, 3.05) is 52.5 Å². The van der Waals surface area contributed by atoms with Gasteiger partial charge in [0.2, 0.25) is 11.8 Å². The van der Waals surface area contributed by atoms with Crippen molar-refractivity contribution in [1.82, 2.24) is 25.3 Å². The van der Waals surface area contributed by atoms with Crippen LogP contribution in [0.25, 0.3) is 21.6 Å². The van der Waals surface area contributed by atoms with Crippen molar-refractivity contribution in [3.63, 3.8) is 0 Å². The molecule has 2 unspecified atom stereocenters. The van der Waals surface area contributed by atoms with Crippen molar-refractivity contribution >= 4 is 35.2 Å². The van der Waals surface area contributed by atoms with E-state index < -0.39 is 29.0 Å². The summed E-state index contributed by atoms with van der Waals surface area (Å²) < 4.78 is 11.3. The van der Waals surface area contributed by atoms with E-state index in [-0.39, 0.29) is 42.6 Å². The number of carbonyl (C=O) groups is 4. The fraction of sp³-hybridized carbons (Fsp3) is 0.388. The average Bonchev–Trinajstić information content (AvgIpc) is 3.34. The zero-order valence-corrected chi connectivity index (χ0v) is 37.5. The van der Waals surface area contributed by atoms with E-state index in [2.05, 4.69) is 32.5 Å². The molecule has 0 radical (unpaired) electrons. The van der Waals surface area contributed by atoms with Gasteiger partial charge in [-0.2, -0.15) is 0 Å². The number of azide groups is 1. The van der Waals surface area contributed by atoms with Gasteiger partial charge in [0.05, 0.1) is 29.8 Å². The van der Waals surface area contributed by atoms with Gasteiger partial charge in [0.1, 0.15) is 12.6 Å². The molecular weight excluding hydrogens is 843 g/mol. The fourth-order valence-corrected chi connectivity index (χ4v) is 8.08. The average molecular weight is 900 g/mol. The highest BCUT2D eigenvalue weighted by Gasteiger charge is 2.37. The standard InChI is InChI=1S/C49H57N9O8/c1-3-4-26-51-47(60)46(40-18-16-38(17-19-40)37-11-7-5-8-12-37)57(29-28-55-30-32-65-33-31-55)43(59)13-9-6-10-27-56-35(2)44(48(61)66-34-36-14-22-41(23-15-36)53-54-50)45(52-49(56)62)39-20-24-42(25-21-39)58(63)64/h5,7-8,11-12,14-25,45-46H,3-4,6,9-10,13,26-34H2,1-2H3,(H,51,60)(H,52,62). The number of non-ortho nitro benzene ring substituents is 1. The number of nitrogens with zero attached hydrogens (tertiary/aromatic N) is 7. The molecule has 0 spiro atoms. The molecule has 2 N–H and O–H groups in total. The van der Waals surface area contributed by atoms with Gasteiger partial charge in [0.25, 0.3) is 5.69 Å². The maximum atomic E-state index is 14.4. The minimum atomic E-state index is -0.947. The minimum absolute atomic E-state index is 0.106. The largest absolute Gasteiger partial charge is 0.457 e. The van der Waals surface area contributed by atoms with E-state index in [1.165, 1.54) is 29.2 Å². The molecule has 4 aromatic rings. The van der Waals surface area contributed by atoms with E-state index in [4.69, 9.17) is 15.0 Å². The fourth-order valence-electron chi connectivity index (χ4n) is 8.08. The Morgan fingerprint density at radius 3 is 2.30 bits per heavy atom. The molecule has 2 aliphatic heterocycles. The molecule has 17 nitrogen and oxygen atoms in total. The Labute approximate surface area is 384 Å². The Hall–Kier alpha value is -7.07. The summed E-state index contributed by atoms with van der Waals surface area (Å²) in [7, 11) is 0. The van der Waals surface area contributed by atoms with Crippen molar-refractivity contribution in [2.24, 2.45) is 5.11 Å². The summed E-state index contributed by atoms with van der Waals surface area (Å²) in [5.41, 5.74) is 13.4. The van der Waals surface area contributed by atoms with Crippen LogP contribution in [-0.2, 0) is 30.5 Å². The summed E-state index contributed by atoms with van der Waals surface area (Å²) in [5.74, 6) is -1.07. The molecule has 6 rings (SSSR count). The number of rotatable bonds is 22. The van der Waals surface area contributed by atoms with Crippen LogP contribution in [0, 0.1) is 10.1 Å². The maximum absolute atomic E-state index is 14.4. The van der Waals surface area contributed by atoms with Gasteiger partial charge in [-0.3, -0.25) is 29.5 Å². The molecule has 17 heteroatoms. The molecule has 346 valence electrons. The Kier molecular flexibility index (Phi) is 17.8. The van der Waals surface area contributed by atoms with Crippen LogP contribution in [0.3, 0.4) is 0 Å². The molecular formula is C49H57N9O8. The van der Waals surface area contributed by atoms with Crippen molar-refractivity contribution in [3.05, 3.63) is 152 Å². The predicted octanol–water partition coefficient (Wildman–Crippen LogP) is 8.67. The Bertz CT molecular complexity index is 2360. The van der Waals surface area contributed by atoms with E-state index in [0.717, 1.165) is 42.6 Å². The lowest BCUT2D eigenvalue weighted by atomic mass is 9.94. The molecule has 2 heterocycles. The number of hydrogen-bond acceptors (Lipinski definition) is 10. The normalized spacial score (nSPS) is 15.6. The third kappa shape index (κ3) is 13.0. The van der Waals surface area contributed by atoms with Gasteiger partial charge < -0.3 is 25.0 Å². The van der Waals surface area contributed by atoms with Crippen molar-refractivity contribution < 1.29 is 33.6 Å². The molecule has 2 atom stereocenters. The first kappa shape index (κ1) is 48.4. The highest BCUT2D eigenvalue weighted by Crippen LogP contribution is 2.33. The zero-order chi connectivity index (χ0) is 46.8. The molecule has 0 aliphatic carbocycles. The van der Waals surface area contributed by atoms with E-state index >= 15 is 0 Å². The van der Waals surface area contributed by atoms with Gasteiger partial charge in [-0.1, -0.05) is 104 Å². The number of nitro benzene ring substituents is 1. The summed E-state index contributed by atoms with van der Waals surface area (Å²) in [6.45, 7) is 7.96. The number of nitrogens with one attached hydrogen (secondary N) is 2. The summed E-state index contributed by atoms with van der Waals surface area (Å²) in [6.07, 6.45) is 3.45. The monoisotopic (exact) mass is 899 g/mol. The second-order valence-electron chi connectivity index (χ2n) is 16.2. The lowest BCUT2D eigenvalue weighted by Crippen LogP contribution is -2.48. The van der Waals surface area contributed by atoms with Gasteiger partial charge in [-0.05, 0) is 71.7 Å². The summed E-state index contributed by atoms with van der Waals surface area (Å²) in [4.78, 5) is 75.1. The zero-order valence-electron chi connectivity index (χ0n) is 37.5. The highest BCUT2D eigenvalue weighted by molar-refractivity contribution is 5.95.